The van der Waals surface area contributed by atoms with Gasteiger partial charge < -0.3 is 16.2 Å². The number of halogens is 1. The van der Waals surface area contributed by atoms with E-state index in [9.17, 15) is 17.9 Å². The number of aliphatic hydroxyl groups excluding tert-OH is 1. The molecule has 1 atom stereocenters. The summed E-state index contributed by atoms with van der Waals surface area (Å²) in [5.74, 6) is -0.313. The summed E-state index contributed by atoms with van der Waals surface area (Å²) in [4.78, 5) is 0.0817. The van der Waals surface area contributed by atoms with E-state index < -0.39 is 21.9 Å². The Morgan fingerprint density at radius 1 is 1.06 bits per heavy atom. The zero-order valence-electron chi connectivity index (χ0n) is 19.8. The molecule has 5 N–H and O–H groups in total. The maximum absolute atomic E-state index is 14.4. The smallest absolute Gasteiger partial charge is 0.243 e. The van der Waals surface area contributed by atoms with Crippen LogP contribution in [0.15, 0.2) is 77.7 Å². The van der Waals surface area contributed by atoms with E-state index in [2.05, 4.69) is 5.32 Å². The van der Waals surface area contributed by atoms with Gasteiger partial charge >= 0.3 is 0 Å². The quantitative estimate of drug-likeness (QED) is 0.236. The van der Waals surface area contributed by atoms with Crippen LogP contribution in [0.5, 0.6) is 0 Å². The first-order valence-corrected chi connectivity index (χ1v) is 12.7. The van der Waals surface area contributed by atoms with E-state index in [-0.39, 0.29) is 41.8 Å². The van der Waals surface area contributed by atoms with Crippen molar-refractivity contribution in [3.63, 3.8) is 0 Å². The number of nitrogens with two attached hydrogens (primary N) is 1. The lowest BCUT2D eigenvalue weighted by atomic mass is 10.0. The summed E-state index contributed by atoms with van der Waals surface area (Å²) in [6.07, 6.45) is -1.07. The third kappa shape index (κ3) is 6.88. The summed E-state index contributed by atoms with van der Waals surface area (Å²) in [6, 6.07) is 19.4. The molecule has 0 aliphatic heterocycles. The molecular formula is C26H31FN4O3S. The molecule has 0 fully saturated rings. The number of hydrogen-bond donors (Lipinski definition) is 4. The fraction of sp³-hybridized carbons (Fsp3) is 0.269. The molecule has 0 heterocycles. The van der Waals surface area contributed by atoms with E-state index in [4.69, 9.17) is 11.1 Å². The zero-order valence-corrected chi connectivity index (χ0v) is 20.6. The van der Waals surface area contributed by atoms with E-state index in [1.807, 2.05) is 13.8 Å². The second-order valence-corrected chi connectivity index (χ2v) is 10.6. The largest absolute Gasteiger partial charge is 0.390 e. The molecule has 0 bridgehead atoms. The van der Waals surface area contributed by atoms with Crippen molar-refractivity contribution in [2.45, 2.75) is 37.3 Å². The van der Waals surface area contributed by atoms with Crippen molar-refractivity contribution in [3.8, 4) is 0 Å². The Balaban J connectivity index is 1.79. The third-order valence-electron chi connectivity index (χ3n) is 5.64. The Labute approximate surface area is 206 Å². The summed E-state index contributed by atoms with van der Waals surface area (Å²) >= 11 is 0. The van der Waals surface area contributed by atoms with E-state index in [0.717, 1.165) is 9.87 Å². The molecule has 9 heteroatoms. The molecule has 0 aliphatic carbocycles. The number of anilines is 1. The van der Waals surface area contributed by atoms with Gasteiger partial charge in [-0.25, -0.2) is 12.8 Å². The highest BCUT2D eigenvalue weighted by Gasteiger charge is 2.28. The first-order valence-electron chi connectivity index (χ1n) is 11.3. The van der Waals surface area contributed by atoms with Gasteiger partial charge in [0.25, 0.3) is 0 Å². The highest BCUT2D eigenvalue weighted by Crippen LogP contribution is 2.23. The number of rotatable bonds is 11. The first-order chi connectivity index (χ1) is 16.6. The van der Waals surface area contributed by atoms with Crippen molar-refractivity contribution in [1.29, 1.82) is 5.41 Å². The molecule has 35 heavy (non-hydrogen) atoms. The van der Waals surface area contributed by atoms with Crippen molar-refractivity contribution in [1.82, 2.24) is 4.31 Å². The summed E-state index contributed by atoms with van der Waals surface area (Å²) in [6.45, 7) is 3.65. The number of benzene rings is 3. The molecule has 0 amide bonds. The second-order valence-electron chi connectivity index (χ2n) is 8.64. The monoisotopic (exact) mass is 498 g/mol. The van der Waals surface area contributed by atoms with E-state index in [1.165, 1.54) is 12.1 Å². The van der Waals surface area contributed by atoms with Gasteiger partial charge in [0.1, 0.15) is 11.7 Å². The molecule has 0 spiro atoms. The average Bonchev–Trinajstić information content (AvgIpc) is 2.84. The maximum atomic E-state index is 14.4. The fourth-order valence-electron chi connectivity index (χ4n) is 3.54. The number of nitrogen functional groups attached to an aromatic ring is 1. The first kappa shape index (κ1) is 26.3. The molecule has 3 aromatic rings. The number of aliphatic hydroxyl groups is 1. The third-order valence-corrected chi connectivity index (χ3v) is 7.47. The summed E-state index contributed by atoms with van der Waals surface area (Å²) in [7, 11) is -4.01. The van der Waals surface area contributed by atoms with Gasteiger partial charge in [-0.2, -0.15) is 4.31 Å². The second kappa shape index (κ2) is 11.4. The highest BCUT2D eigenvalue weighted by molar-refractivity contribution is 7.89. The fourth-order valence-corrected chi connectivity index (χ4v) is 5.00. The highest BCUT2D eigenvalue weighted by atomic mass is 32.2. The Bertz CT molecular complexity index is 1250. The lowest BCUT2D eigenvalue weighted by Crippen LogP contribution is -2.39. The van der Waals surface area contributed by atoms with Gasteiger partial charge in [0.15, 0.2) is 0 Å². The Kier molecular flexibility index (Phi) is 8.61. The average molecular weight is 499 g/mol. The van der Waals surface area contributed by atoms with Crippen LogP contribution in [0.1, 0.15) is 36.5 Å². The van der Waals surface area contributed by atoms with Crippen LogP contribution < -0.4 is 11.1 Å². The standard InChI is InChI=1S/C26H31FN4O3S/c1-18(2)19-9-13-24(14-10-19)35(33,34)31(16-21-5-3-4-6-25(21)27)17-23(32)15-30-22-11-7-20(8-12-22)26(28)29/h3-14,18,23,30,32H,15-17H2,1-2H3,(H3,28,29). The molecular weight excluding hydrogens is 467 g/mol. The van der Waals surface area contributed by atoms with Gasteiger partial charge in [-0.3, -0.25) is 5.41 Å². The van der Waals surface area contributed by atoms with E-state index in [0.29, 0.717) is 11.3 Å². The van der Waals surface area contributed by atoms with Crippen LogP contribution in [0.25, 0.3) is 0 Å². The Morgan fingerprint density at radius 2 is 1.69 bits per heavy atom. The normalized spacial score (nSPS) is 12.6. The minimum atomic E-state index is -4.01. The Hall–Kier alpha value is -3.27. The summed E-state index contributed by atoms with van der Waals surface area (Å²) < 4.78 is 42.4. The van der Waals surface area contributed by atoms with Gasteiger partial charge in [-0.1, -0.05) is 44.2 Å². The SMILES string of the molecule is CC(C)c1ccc(S(=O)(=O)N(Cc2ccccc2F)CC(O)CNc2ccc(C(=N)N)cc2)cc1. The van der Waals surface area contributed by atoms with Crippen molar-refractivity contribution in [2.24, 2.45) is 5.73 Å². The summed E-state index contributed by atoms with van der Waals surface area (Å²) in [5.41, 5.74) is 7.94. The van der Waals surface area contributed by atoms with E-state index >= 15 is 0 Å². The maximum Gasteiger partial charge on any atom is 0.243 e. The predicted molar refractivity (Wildman–Crippen MR) is 136 cm³/mol. The number of nitrogens with zero attached hydrogens (tertiary/aromatic N) is 1. The number of sulfonamides is 1. The molecule has 3 rings (SSSR count). The minimum absolute atomic E-state index is 0.0491. The minimum Gasteiger partial charge on any atom is -0.390 e. The number of amidine groups is 1. The van der Waals surface area contributed by atoms with Crippen molar-refractivity contribution in [3.05, 3.63) is 95.3 Å². The molecule has 0 radical (unpaired) electrons. The van der Waals surface area contributed by atoms with Crippen LogP contribution in [0.4, 0.5) is 10.1 Å². The Morgan fingerprint density at radius 3 is 2.26 bits per heavy atom. The molecule has 0 aromatic heterocycles. The number of nitrogens with one attached hydrogen (secondary N) is 2. The van der Waals surface area contributed by atoms with Gasteiger partial charge in [0.2, 0.25) is 10.0 Å². The topological polar surface area (TPSA) is 120 Å². The van der Waals surface area contributed by atoms with Crippen LogP contribution in [0, 0.1) is 11.2 Å². The van der Waals surface area contributed by atoms with Crippen molar-refractivity contribution in [2.75, 3.05) is 18.4 Å². The van der Waals surface area contributed by atoms with Gasteiger partial charge in [-0.05, 0) is 53.9 Å². The number of hydrogen-bond acceptors (Lipinski definition) is 5. The van der Waals surface area contributed by atoms with Crippen molar-refractivity contribution >= 4 is 21.5 Å². The molecule has 0 saturated carbocycles. The van der Waals surface area contributed by atoms with E-state index in [1.54, 1.807) is 60.7 Å². The lowest BCUT2D eigenvalue weighted by Gasteiger charge is -2.25. The van der Waals surface area contributed by atoms with Crippen LogP contribution in [0.3, 0.4) is 0 Å². The van der Waals surface area contributed by atoms with Crippen LogP contribution in [-0.4, -0.2) is 42.9 Å². The molecule has 186 valence electrons. The molecule has 0 aliphatic rings. The predicted octanol–water partition coefficient (Wildman–Crippen LogP) is 3.90. The summed E-state index contributed by atoms with van der Waals surface area (Å²) in [5, 5.41) is 21.2. The van der Waals surface area contributed by atoms with Crippen molar-refractivity contribution < 1.29 is 17.9 Å². The molecule has 1 unspecified atom stereocenters. The van der Waals surface area contributed by atoms with Crippen LogP contribution in [-0.2, 0) is 16.6 Å². The lowest BCUT2D eigenvalue weighted by molar-refractivity contribution is 0.154. The van der Waals surface area contributed by atoms with Gasteiger partial charge in [0.05, 0.1) is 11.0 Å². The van der Waals surface area contributed by atoms with Gasteiger partial charge in [-0.15, -0.1) is 0 Å². The molecule has 3 aromatic carbocycles. The molecule has 7 nitrogen and oxygen atoms in total. The van der Waals surface area contributed by atoms with Gasteiger partial charge in [0, 0.05) is 36.4 Å². The zero-order chi connectivity index (χ0) is 25.6. The van der Waals surface area contributed by atoms with Crippen LogP contribution in [0.2, 0.25) is 0 Å². The molecule has 0 saturated heterocycles. The van der Waals surface area contributed by atoms with Crippen LogP contribution >= 0.6 is 0 Å².